The number of carbonyl (C=O) groups excluding carboxylic acids is 1. The second kappa shape index (κ2) is 6.04. The van der Waals surface area contributed by atoms with E-state index in [1.54, 1.807) is 0 Å². The van der Waals surface area contributed by atoms with E-state index in [4.69, 9.17) is 5.73 Å². The normalized spacial score (nSPS) is 18.2. The maximum absolute atomic E-state index is 12.1. The first-order chi connectivity index (χ1) is 9.06. The summed E-state index contributed by atoms with van der Waals surface area (Å²) in [5.41, 5.74) is 7.68. The van der Waals surface area contributed by atoms with Crippen molar-refractivity contribution in [1.29, 1.82) is 0 Å². The fourth-order valence-electron chi connectivity index (χ4n) is 2.08. The Labute approximate surface area is 114 Å². The number of nitrogens with one attached hydrogen (secondary N) is 1. The maximum atomic E-state index is 12.1. The molecule has 1 heterocycles. The lowest BCUT2D eigenvalue weighted by molar-refractivity contribution is 0.164. The van der Waals surface area contributed by atoms with E-state index in [0.717, 1.165) is 37.4 Å². The molecule has 1 aliphatic rings. The number of nitrogens with zero attached hydrogens (tertiary/aromatic N) is 2. The van der Waals surface area contributed by atoms with Gasteiger partial charge in [0.1, 0.15) is 0 Å². The first kappa shape index (κ1) is 13.8. The van der Waals surface area contributed by atoms with Crippen molar-refractivity contribution in [2.45, 2.75) is 13.0 Å². The average Bonchev–Trinajstić information content (AvgIpc) is 2.40. The van der Waals surface area contributed by atoms with Crippen LogP contribution < -0.4 is 11.1 Å². The Morgan fingerprint density at radius 2 is 1.79 bits per heavy atom. The van der Waals surface area contributed by atoms with Gasteiger partial charge in [0.2, 0.25) is 0 Å². The Balaban J connectivity index is 1.91. The lowest BCUT2D eigenvalue weighted by Gasteiger charge is -2.32. The third-order valence-electron chi connectivity index (χ3n) is 3.48. The minimum absolute atomic E-state index is 0.0161. The number of nitrogens with two attached hydrogens (primary N) is 1. The van der Waals surface area contributed by atoms with Gasteiger partial charge in [-0.2, -0.15) is 0 Å². The number of hydrogen-bond donors (Lipinski definition) is 2. The largest absolute Gasteiger partial charge is 0.324 e. The molecule has 1 atom stereocenters. The molecule has 3 N–H and O–H groups in total. The van der Waals surface area contributed by atoms with Crippen LogP contribution in [0, 0.1) is 0 Å². The Morgan fingerprint density at radius 3 is 2.32 bits per heavy atom. The predicted octanol–water partition coefficient (Wildman–Crippen LogP) is 1.49. The van der Waals surface area contributed by atoms with Gasteiger partial charge >= 0.3 is 6.03 Å². The molecule has 1 aliphatic heterocycles. The van der Waals surface area contributed by atoms with Crippen molar-refractivity contribution in [2.24, 2.45) is 5.73 Å². The summed E-state index contributed by atoms with van der Waals surface area (Å²) in [6, 6.07) is 7.68. The zero-order valence-electron chi connectivity index (χ0n) is 11.6. The van der Waals surface area contributed by atoms with Crippen LogP contribution in [0.5, 0.6) is 0 Å². The minimum atomic E-state index is -0.0263. The average molecular weight is 262 g/mol. The number of benzene rings is 1. The molecule has 5 heteroatoms. The van der Waals surface area contributed by atoms with E-state index >= 15 is 0 Å². The van der Waals surface area contributed by atoms with Crippen LogP contribution in [0.3, 0.4) is 0 Å². The first-order valence-corrected chi connectivity index (χ1v) is 6.66. The monoisotopic (exact) mass is 262 g/mol. The molecule has 0 saturated carbocycles. The summed E-state index contributed by atoms with van der Waals surface area (Å²) in [7, 11) is 2.07. The maximum Gasteiger partial charge on any atom is 0.321 e. The number of rotatable bonds is 2. The minimum Gasteiger partial charge on any atom is -0.324 e. The predicted molar refractivity (Wildman–Crippen MR) is 77.1 cm³/mol. The Hall–Kier alpha value is -1.59. The highest BCUT2D eigenvalue weighted by Gasteiger charge is 2.18. The molecule has 0 spiro atoms. The third kappa shape index (κ3) is 3.68. The summed E-state index contributed by atoms with van der Waals surface area (Å²) >= 11 is 0. The number of carbonyl (C=O) groups is 1. The Kier molecular flexibility index (Phi) is 4.39. The number of amides is 2. The first-order valence-electron chi connectivity index (χ1n) is 6.66. The Morgan fingerprint density at radius 1 is 1.21 bits per heavy atom. The topological polar surface area (TPSA) is 61.6 Å². The van der Waals surface area contributed by atoms with Crippen molar-refractivity contribution in [3.05, 3.63) is 29.8 Å². The second-order valence-electron chi connectivity index (χ2n) is 5.13. The zero-order chi connectivity index (χ0) is 13.8. The van der Waals surface area contributed by atoms with Gasteiger partial charge < -0.3 is 20.9 Å². The molecule has 0 aliphatic carbocycles. The van der Waals surface area contributed by atoms with Crippen LogP contribution in [0.15, 0.2) is 24.3 Å². The molecule has 104 valence electrons. The van der Waals surface area contributed by atoms with Crippen LogP contribution in [0.25, 0.3) is 0 Å². The van der Waals surface area contributed by atoms with Crippen LogP contribution in [-0.4, -0.2) is 49.1 Å². The highest BCUT2D eigenvalue weighted by atomic mass is 16.2. The highest BCUT2D eigenvalue weighted by Crippen LogP contribution is 2.15. The number of anilines is 1. The van der Waals surface area contributed by atoms with Gasteiger partial charge in [0, 0.05) is 37.9 Å². The molecule has 0 bridgehead atoms. The van der Waals surface area contributed by atoms with E-state index in [-0.39, 0.29) is 12.1 Å². The van der Waals surface area contributed by atoms with E-state index < -0.39 is 0 Å². The van der Waals surface area contributed by atoms with Crippen LogP contribution in [0.2, 0.25) is 0 Å². The lowest BCUT2D eigenvalue weighted by atomic mass is 10.1. The van der Waals surface area contributed by atoms with Crippen LogP contribution >= 0.6 is 0 Å². The van der Waals surface area contributed by atoms with Crippen molar-refractivity contribution in [2.75, 3.05) is 38.5 Å². The molecule has 2 amide bonds. The van der Waals surface area contributed by atoms with Gasteiger partial charge in [-0.05, 0) is 31.7 Å². The SMILES string of the molecule is CC(N)c1ccc(NC(=O)N2CCN(C)CC2)cc1. The van der Waals surface area contributed by atoms with Gasteiger partial charge in [0.15, 0.2) is 0 Å². The summed E-state index contributed by atoms with van der Waals surface area (Å²) in [6.07, 6.45) is 0. The molecule has 1 fully saturated rings. The van der Waals surface area contributed by atoms with E-state index in [0.29, 0.717) is 0 Å². The summed E-state index contributed by atoms with van der Waals surface area (Å²) in [6.45, 7) is 5.35. The van der Waals surface area contributed by atoms with Crippen molar-refractivity contribution < 1.29 is 4.79 Å². The van der Waals surface area contributed by atoms with Crippen LogP contribution in [-0.2, 0) is 0 Å². The fraction of sp³-hybridized carbons (Fsp3) is 0.500. The van der Waals surface area contributed by atoms with Gasteiger partial charge in [-0.3, -0.25) is 0 Å². The molecule has 19 heavy (non-hydrogen) atoms. The van der Waals surface area contributed by atoms with Gasteiger partial charge in [-0.25, -0.2) is 4.79 Å². The molecule has 5 nitrogen and oxygen atoms in total. The summed E-state index contributed by atoms with van der Waals surface area (Å²) in [4.78, 5) is 16.1. The molecular formula is C14H22N4O. The van der Waals surface area contributed by atoms with Gasteiger partial charge in [-0.1, -0.05) is 12.1 Å². The van der Waals surface area contributed by atoms with Crippen molar-refractivity contribution >= 4 is 11.7 Å². The standard InChI is InChI=1S/C14H22N4O/c1-11(15)12-3-5-13(6-4-12)16-14(19)18-9-7-17(2)8-10-18/h3-6,11H,7-10,15H2,1-2H3,(H,16,19). The van der Waals surface area contributed by atoms with E-state index in [1.165, 1.54) is 0 Å². The molecule has 1 aromatic carbocycles. The summed E-state index contributed by atoms with van der Waals surface area (Å²) < 4.78 is 0. The molecule has 0 aromatic heterocycles. The molecule has 0 radical (unpaired) electrons. The fourth-order valence-corrected chi connectivity index (χ4v) is 2.08. The van der Waals surface area contributed by atoms with Crippen molar-refractivity contribution in [3.8, 4) is 0 Å². The quantitative estimate of drug-likeness (QED) is 0.848. The van der Waals surface area contributed by atoms with Gasteiger partial charge in [0.25, 0.3) is 0 Å². The van der Waals surface area contributed by atoms with E-state index in [1.807, 2.05) is 36.1 Å². The molecule has 2 rings (SSSR count). The van der Waals surface area contributed by atoms with Gasteiger partial charge in [0.05, 0.1) is 0 Å². The van der Waals surface area contributed by atoms with E-state index in [9.17, 15) is 4.79 Å². The number of urea groups is 1. The molecule has 1 unspecified atom stereocenters. The molecule has 1 saturated heterocycles. The zero-order valence-corrected chi connectivity index (χ0v) is 11.6. The number of piperazine rings is 1. The van der Waals surface area contributed by atoms with Crippen molar-refractivity contribution in [1.82, 2.24) is 9.80 Å². The number of likely N-dealkylation sites (N-methyl/N-ethyl adjacent to an activating group) is 1. The second-order valence-corrected chi connectivity index (χ2v) is 5.13. The van der Waals surface area contributed by atoms with Gasteiger partial charge in [-0.15, -0.1) is 0 Å². The third-order valence-corrected chi connectivity index (χ3v) is 3.48. The Bertz CT molecular complexity index is 422. The highest BCUT2D eigenvalue weighted by molar-refractivity contribution is 5.89. The van der Waals surface area contributed by atoms with Crippen molar-refractivity contribution in [3.63, 3.8) is 0 Å². The summed E-state index contributed by atoms with van der Waals surface area (Å²) in [5, 5.41) is 2.92. The molecular weight excluding hydrogens is 240 g/mol. The van der Waals surface area contributed by atoms with E-state index in [2.05, 4.69) is 17.3 Å². The smallest absolute Gasteiger partial charge is 0.321 e. The molecule has 1 aromatic rings. The summed E-state index contributed by atoms with van der Waals surface area (Å²) in [5.74, 6) is 0. The van der Waals surface area contributed by atoms with Crippen LogP contribution in [0.1, 0.15) is 18.5 Å². The van der Waals surface area contributed by atoms with Crippen LogP contribution in [0.4, 0.5) is 10.5 Å². The number of hydrogen-bond acceptors (Lipinski definition) is 3. The lowest BCUT2D eigenvalue weighted by Crippen LogP contribution is -2.48.